The molecule has 0 aromatic heterocycles. The molecule has 3 aromatic rings. The van der Waals surface area contributed by atoms with Gasteiger partial charge >= 0.3 is 0 Å². The van der Waals surface area contributed by atoms with Gasteiger partial charge in [-0.05, 0) is 61.0 Å². The zero-order chi connectivity index (χ0) is 23.1. The van der Waals surface area contributed by atoms with Crippen LogP contribution >= 0.6 is 23.4 Å². The number of hydrogen-bond donors (Lipinski definition) is 2. The lowest BCUT2D eigenvalue weighted by Crippen LogP contribution is -2.33. The molecule has 0 aliphatic carbocycles. The molecular weight excluding hydrogens is 460 g/mol. The second kappa shape index (κ2) is 8.50. The van der Waals surface area contributed by atoms with Crippen LogP contribution in [-0.2, 0) is 9.59 Å². The van der Waals surface area contributed by atoms with E-state index in [0.29, 0.717) is 39.1 Å². The number of halogens is 1. The molecule has 166 valence electrons. The first-order valence-corrected chi connectivity index (χ1v) is 11.5. The standard InChI is InChI=1S/C25H19ClN2O4S/c1-2-32-19-13-14(7-12-18(19)29)22-21-23(33-20-6-4-3-5-17(20)27-22)25(31)28(24(21)30)16-10-8-15(26)9-11-16/h3-13,22,27,29H,2H2,1H3. The number of imide groups is 1. The minimum Gasteiger partial charge on any atom is -0.504 e. The van der Waals surface area contributed by atoms with Crippen molar-refractivity contribution in [2.45, 2.75) is 17.9 Å². The van der Waals surface area contributed by atoms with Gasteiger partial charge in [-0.3, -0.25) is 9.59 Å². The number of nitrogens with zero attached hydrogens (tertiary/aromatic N) is 1. The Hall–Kier alpha value is -3.42. The molecule has 5 rings (SSSR count). The van der Waals surface area contributed by atoms with Crippen LogP contribution in [0.1, 0.15) is 18.5 Å². The molecule has 1 unspecified atom stereocenters. The van der Waals surface area contributed by atoms with Crippen molar-refractivity contribution in [3.63, 3.8) is 0 Å². The van der Waals surface area contributed by atoms with Crippen molar-refractivity contribution < 1.29 is 19.4 Å². The number of carbonyl (C=O) groups is 2. The van der Waals surface area contributed by atoms with Gasteiger partial charge in [-0.2, -0.15) is 0 Å². The lowest BCUT2D eigenvalue weighted by molar-refractivity contribution is -0.120. The number of aromatic hydroxyl groups is 1. The van der Waals surface area contributed by atoms with Crippen LogP contribution in [0.25, 0.3) is 0 Å². The summed E-state index contributed by atoms with van der Waals surface area (Å²) in [5.74, 6) is -0.457. The number of thioether (sulfide) groups is 1. The van der Waals surface area contributed by atoms with Crippen LogP contribution in [0, 0.1) is 0 Å². The zero-order valence-electron chi connectivity index (χ0n) is 17.5. The highest BCUT2D eigenvalue weighted by Gasteiger charge is 2.45. The Labute approximate surface area is 199 Å². The molecule has 8 heteroatoms. The molecule has 0 saturated heterocycles. The molecule has 2 aliphatic heterocycles. The number of hydrogen-bond acceptors (Lipinski definition) is 6. The van der Waals surface area contributed by atoms with E-state index < -0.39 is 11.9 Å². The number of phenolic OH excluding ortho intramolecular Hbond substituents is 1. The van der Waals surface area contributed by atoms with E-state index in [0.717, 1.165) is 10.6 Å². The Morgan fingerprint density at radius 3 is 2.58 bits per heavy atom. The monoisotopic (exact) mass is 478 g/mol. The van der Waals surface area contributed by atoms with Crippen LogP contribution < -0.4 is 15.0 Å². The molecule has 3 aromatic carbocycles. The van der Waals surface area contributed by atoms with Crippen LogP contribution in [0.4, 0.5) is 11.4 Å². The van der Waals surface area contributed by atoms with E-state index in [1.165, 1.54) is 22.7 Å². The molecular formula is C25H19ClN2O4S. The van der Waals surface area contributed by atoms with Crippen LogP contribution in [-0.4, -0.2) is 23.5 Å². The van der Waals surface area contributed by atoms with Crippen molar-refractivity contribution >= 4 is 46.6 Å². The highest BCUT2D eigenvalue weighted by molar-refractivity contribution is 8.04. The lowest BCUT2D eigenvalue weighted by atomic mass is 9.97. The average Bonchev–Trinajstić information content (AvgIpc) is 2.95. The van der Waals surface area contributed by atoms with Gasteiger partial charge in [0.1, 0.15) is 0 Å². The number of benzene rings is 3. The third-order valence-corrected chi connectivity index (χ3v) is 6.89. The molecule has 2 amide bonds. The topological polar surface area (TPSA) is 78.9 Å². The number of phenols is 1. The summed E-state index contributed by atoms with van der Waals surface area (Å²) >= 11 is 7.28. The molecule has 0 radical (unpaired) electrons. The molecule has 0 fully saturated rings. The largest absolute Gasteiger partial charge is 0.504 e. The molecule has 33 heavy (non-hydrogen) atoms. The van der Waals surface area contributed by atoms with Crippen molar-refractivity contribution in [2.24, 2.45) is 0 Å². The molecule has 6 nitrogen and oxygen atoms in total. The van der Waals surface area contributed by atoms with E-state index in [1.54, 1.807) is 36.4 Å². The Morgan fingerprint density at radius 2 is 1.82 bits per heavy atom. The average molecular weight is 479 g/mol. The minimum absolute atomic E-state index is 0.00909. The maximum absolute atomic E-state index is 13.7. The van der Waals surface area contributed by atoms with E-state index >= 15 is 0 Å². The number of para-hydroxylation sites is 1. The second-order valence-corrected chi connectivity index (χ2v) is 8.99. The van der Waals surface area contributed by atoms with Crippen molar-refractivity contribution in [1.82, 2.24) is 0 Å². The van der Waals surface area contributed by atoms with Gasteiger partial charge in [-0.25, -0.2) is 4.90 Å². The van der Waals surface area contributed by atoms with E-state index in [4.69, 9.17) is 16.3 Å². The summed E-state index contributed by atoms with van der Waals surface area (Å²) in [6.07, 6.45) is 0. The number of rotatable bonds is 4. The number of amides is 2. The third kappa shape index (κ3) is 3.73. The van der Waals surface area contributed by atoms with Gasteiger partial charge in [0, 0.05) is 15.6 Å². The Kier molecular flexibility index (Phi) is 5.52. The second-order valence-electron chi connectivity index (χ2n) is 7.50. The molecule has 2 aliphatic rings. The van der Waals surface area contributed by atoms with Gasteiger partial charge < -0.3 is 15.2 Å². The number of carbonyl (C=O) groups excluding carboxylic acids is 2. The number of ether oxygens (including phenoxy) is 1. The quantitative estimate of drug-likeness (QED) is 0.480. The fourth-order valence-corrected chi connectivity index (χ4v) is 5.17. The molecule has 2 N–H and O–H groups in total. The number of fused-ring (bicyclic) bond motifs is 1. The zero-order valence-corrected chi connectivity index (χ0v) is 19.1. The van der Waals surface area contributed by atoms with Crippen LogP contribution in [0.2, 0.25) is 5.02 Å². The predicted molar refractivity (Wildman–Crippen MR) is 129 cm³/mol. The SMILES string of the molecule is CCOc1cc(C2Nc3ccccc3SC3=C2C(=O)N(c2ccc(Cl)cc2)C3=O)ccc1O. The first-order chi connectivity index (χ1) is 16.0. The first-order valence-electron chi connectivity index (χ1n) is 10.4. The van der Waals surface area contributed by atoms with Gasteiger partial charge in [0.15, 0.2) is 11.5 Å². The Bertz CT molecular complexity index is 1310. The van der Waals surface area contributed by atoms with Crippen molar-refractivity contribution in [3.05, 3.63) is 87.8 Å². The fourth-order valence-electron chi connectivity index (χ4n) is 3.95. The maximum Gasteiger partial charge on any atom is 0.272 e. The lowest BCUT2D eigenvalue weighted by Gasteiger charge is -2.23. The molecule has 2 heterocycles. The van der Waals surface area contributed by atoms with E-state index in [1.807, 2.05) is 31.2 Å². The summed E-state index contributed by atoms with van der Waals surface area (Å²) < 4.78 is 5.56. The van der Waals surface area contributed by atoms with Crippen LogP contribution in [0.3, 0.4) is 0 Å². The van der Waals surface area contributed by atoms with Gasteiger partial charge in [0.2, 0.25) is 0 Å². The van der Waals surface area contributed by atoms with Crippen molar-refractivity contribution in [3.8, 4) is 11.5 Å². The molecule has 0 saturated carbocycles. The van der Waals surface area contributed by atoms with Crippen molar-refractivity contribution in [2.75, 3.05) is 16.8 Å². The van der Waals surface area contributed by atoms with E-state index in [-0.39, 0.29) is 11.7 Å². The van der Waals surface area contributed by atoms with Crippen LogP contribution in [0.5, 0.6) is 11.5 Å². The maximum atomic E-state index is 13.7. The molecule has 0 spiro atoms. The smallest absolute Gasteiger partial charge is 0.272 e. The van der Waals surface area contributed by atoms with Gasteiger partial charge in [0.05, 0.1) is 28.8 Å². The molecule has 0 bridgehead atoms. The first kappa shape index (κ1) is 21.4. The summed E-state index contributed by atoms with van der Waals surface area (Å²) in [6, 6.07) is 18.5. The third-order valence-electron chi connectivity index (χ3n) is 5.46. The van der Waals surface area contributed by atoms with E-state index in [9.17, 15) is 14.7 Å². The Balaban J connectivity index is 1.65. The highest BCUT2D eigenvalue weighted by Crippen LogP contribution is 2.48. The van der Waals surface area contributed by atoms with E-state index in [2.05, 4.69) is 5.32 Å². The summed E-state index contributed by atoms with van der Waals surface area (Å²) in [5.41, 5.74) is 2.31. The predicted octanol–water partition coefficient (Wildman–Crippen LogP) is 5.53. The van der Waals surface area contributed by atoms with Gasteiger partial charge in [0.25, 0.3) is 11.8 Å². The molecule has 1 atom stereocenters. The number of nitrogens with one attached hydrogen (secondary N) is 1. The number of anilines is 2. The summed E-state index contributed by atoms with van der Waals surface area (Å²) in [4.78, 5) is 29.6. The summed E-state index contributed by atoms with van der Waals surface area (Å²) in [7, 11) is 0. The van der Waals surface area contributed by atoms with Gasteiger partial charge in [-0.15, -0.1) is 0 Å². The fraction of sp³-hybridized carbons (Fsp3) is 0.120. The van der Waals surface area contributed by atoms with Crippen molar-refractivity contribution in [1.29, 1.82) is 0 Å². The van der Waals surface area contributed by atoms with Crippen LogP contribution in [0.15, 0.2) is 82.1 Å². The van der Waals surface area contributed by atoms with Gasteiger partial charge in [-0.1, -0.05) is 41.6 Å². The summed E-state index contributed by atoms with van der Waals surface area (Å²) in [5, 5.41) is 14.1. The summed E-state index contributed by atoms with van der Waals surface area (Å²) in [6.45, 7) is 2.20. The normalized spacial score (nSPS) is 17.4. The Morgan fingerprint density at radius 1 is 1.06 bits per heavy atom. The highest BCUT2D eigenvalue weighted by atomic mass is 35.5. The minimum atomic E-state index is -0.621.